The van der Waals surface area contributed by atoms with Gasteiger partial charge in [-0.15, -0.1) is 0 Å². The molecule has 1 unspecified atom stereocenters. The van der Waals surface area contributed by atoms with E-state index in [-0.39, 0.29) is 12.1 Å². The number of hydrogen-bond acceptors (Lipinski definition) is 2. The number of allylic oxidation sites excluding steroid dienone is 1. The first-order valence-electron chi connectivity index (χ1n) is 9.09. The summed E-state index contributed by atoms with van der Waals surface area (Å²) in [5, 5.41) is 0. The SMILES string of the molecule is CC/C=C\CC(CCCCCC)OC(=O)CCCCCC. The van der Waals surface area contributed by atoms with Crippen LogP contribution >= 0.6 is 0 Å². The normalized spacial score (nSPS) is 12.7. The predicted octanol–water partition coefficient (Wildman–Crippen LogP) is 6.20. The van der Waals surface area contributed by atoms with E-state index in [2.05, 4.69) is 32.9 Å². The van der Waals surface area contributed by atoms with Crippen LogP contribution in [0.5, 0.6) is 0 Å². The van der Waals surface area contributed by atoms with Gasteiger partial charge >= 0.3 is 5.97 Å². The van der Waals surface area contributed by atoms with Crippen LogP contribution in [0, 0.1) is 0 Å². The molecule has 2 nitrogen and oxygen atoms in total. The van der Waals surface area contributed by atoms with Crippen molar-refractivity contribution in [3.63, 3.8) is 0 Å². The van der Waals surface area contributed by atoms with E-state index in [9.17, 15) is 4.79 Å². The van der Waals surface area contributed by atoms with Crippen molar-refractivity contribution < 1.29 is 9.53 Å². The number of hydrogen-bond donors (Lipinski definition) is 0. The van der Waals surface area contributed by atoms with Crippen molar-refractivity contribution in [1.82, 2.24) is 0 Å². The Labute approximate surface area is 132 Å². The van der Waals surface area contributed by atoms with Gasteiger partial charge in [-0.2, -0.15) is 0 Å². The second-order valence-electron chi connectivity index (χ2n) is 5.89. The molecular formula is C19H36O2. The van der Waals surface area contributed by atoms with Crippen LogP contribution in [0.2, 0.25) is 0 Å². The summed E-state index contributed by atoms with van der Waals surface area (Å²) >= 11 is 0. The fourth-order valence-corrected chi connectivity index (χ4v) is 2.38. The van der Waals surface area contributed by atoms with Crippen LogP contribution in [0.4, 0.5) is 0 Å². The van der Waals surface area contributed by atoms with Crippen molar-refractivity contribution in [2.24, 2.45) is 0 Å². The van der Waals surface area contributed by atoms with Gasteiger partial charge in [0, 0.05) is 12.8 Å². The van der Waals surface area contributed by atoms with Crippen LogP contribution in [0.25, 0.3) is 0 Å². The van der Waals surface area contributed by atoms with Gasteiger partial charge in [0.05, 0.1) is 0 Å². The molecule has 0 N–H and O–H groups in total. The molecule has 0 radical (unpaired) electrons. The van der Waals surface area contributed by atoms with Crippen LogP contribution in [-0.2, 0) is 9.53 Å². The van der Waals surface area contributed by atoms with Crippen molar-refractivity contribution in [3.05, 3.63) is 12.2 Å². The van der Waals surface area contributed by atoms with E-state index in [0.717, 1.165) is 32.1 Å². The van der Waals surface area contributed by atoms with Gasteiger partial charge in [0.25, 0.3) is 0 Å². The van der Waals surface area contributed by atoms with Crippen molar-refractivity contribution in [1.29, 1.82) is 0 Å². The standard InChI is InChI=1S/C19H36O2/c1-4-7-10-13-16-18(15-12-9-6-3)21-19(20)17-14-11-8-5-2/h9,12,18H,4-8,10-11,13-17H2,1-3H3/b12-9-. The average molecular weight is 296 g/mol. The van der Waals surface area contributed by atoms with Crippen molar-refractivity contribution in [2.45, 2.75) is 104 Å². The van der Waals surface area contributed by atoms with E-state index >= 15 is 0 Å². The molecule has 0 aliphatic heterocycles. The third kappa shape index (κ3) is 13.9. The summed E-state index contributed by atoms with van der Waals surface area (Å²) < 4.78 is 5.67. The zero-order valence-electron chi connectivity index (χ0n) is 14.5. The average Bonchev–Trinajstić information content (AvgIpc) is 2.48. The van der Waals surface area contributed by atoms with Gasteiger partial charge in [0.2, 0.25) is 0 Å². The summed E-state index contributed by atoms with van der Waals surface area (Å²) in [5.41, 5.74) is 0. The van der Waals surface area contributed by atoms with E-state index < -0.39 is 0 Å². The first-order chi connectivity index (χ1) is 10.2. The Kier molecular flexibility index (Phi) is 15.0. The third-order valence-corrected chi connectivity index (χ3v) is 3.71. The molecule has 124 valence electrons. The van der Waals surface area contributed by atoms with Gasteiger partial charge in [0.1, 0.15) is 6.10 Å². The van der Waals surface area contributed by atoms with Crippen molar-refractivity contribution >= 4 is 5.97 Å². The van der Waals surface area contributed by atoms with Gasteiger partial charge in [-0.1, -0.05) is 71.4 Å². The first kappa shape index (κ1) is 20.2. The maximum Gasteiger partial charge on any atom is 0.306 e. The number of carbonyl (C=O) groups is 1. The smallest absolute Gasteiger partial charge is 0.306 e. The first-order valence-corrected chi connectivity index (χ1v) is 9.09. The fraction of sp³-hybridized carbons (Fsp3) is 0.842. The molecule has 0 aromatic heterocycles. The lowest BCUT2D eigenvalue weighted by Crippen LogP contribution is -2.17. The lowest BCUT2D eigenvalue weighted by Gasteiger charge is -2.16. The minimum atomic E-state index is -0.00325. The largest absolute Gasteiger partial charge is 0.462 e. The number of carbonyl (C=O) groups excluding carboxylic acids is 1. The highest BCUT2D eigenvalue weighted by Crippen LogP contribution is 2.14. The second-order valence-corrected chi connectivity index (χ2v) is 5.89. The molecule has 0 saturated carbocycles. The summed E-state index contributed by atoms with van der Waals surface area (Å²) in [6.45, 7) is 6.54. The molecule has 0 aliphatic carbocycles. The molecule has 1 atom stereocenters. The lowest BCUT2D eigenvalue weighted by atomic mass is 10.1. The number of ether oxygens (including phenoxy) is 1. The summed E-state index contributed by atoms with van der Waals surface area (Å²) in [6.07, 6.45) is 17.4. The molecular weight excluding hydrogens is 260 g/mol. The summed E-state index contributed by atoms with van der Waals surface area (Å²) in [5.74, 6) is -0.00325. The van der Waals surface area contributed by atoms with E-state index in [1.54, 1.807) is 0 Å². The van der Waals surface area contributed by atoms with Gasteiger partial charge < -0.3 is 4.74 Å². The Balaban J connectivity index is 3.99. The van der Waals surface area contributed by atoms with E-state index in [1.165, 1.54) is 38.5 Å². The monoisotopic (exact) mass is 296 g/mol. The van der Waals surface area contributed by atoms with Crippen molar-refractivity contribution in [2.75, 3.05) is 0 Å². The maximum atomic E-state index is 11.9. The van der Waals surface area contributed by atoms with Gasteiger partial charge in [0.15, 0.2) is 0 Å². The highest BCUT2D eigenvalue weighted by atomic mass is 16.5. The molecule has 0 spiro atoms. The minimum Gasteiger partial charge on any atom is -0.462 e. The Morgan fingerprint density at radius 3 is 2.19 bits per heavy atom. The zero-order chi connectivity index (χ0) is 15.8. The van der Waals surface area contributed by atoms with Gasteiger partial charge in [-0.05, 0) is 25.7 Å². The molecule has 0 bridgehead atoms. The van der Waals surface area contributed by atoms with E-state index in [1.807, 2.05) is 0 Å². The Bertz CT molecular complexity index is 258. The van der Waals surface area contributed by atoms with Crippen LogP contribution in [0.1, 0.15) is 97.8 Å². The third-order valence-electron chi connectivity index (χ3n) is 3.71. The number of unbranched alkanes of at least 4 members (excludes halogenated alkanes) is 6. The molecule has 0 rings (SSSR count). The predicted molar refractivity (Wildman–Crippen MR) is 91.4 cm³/mol. The van der Waals surface area contributed by atoms with E-state index in [4.69, 9.17) is 4.74 Å². The van der Waals surface area contributed by atoms with Crippen molar-refractivity contribution in [3.8, 4) is 0 Å². The number of rotatable bonds is 14. The minimum absolute atomic E-state index is 0.00325. The zero-order valence-corrected chi connectivity index (χ0v) is 14.5. The summed E-state index contributed by atoms with van der Waals surface area (Å²) in [4.78, 5) is 11.9. The fourth-order valence-electron chi connectivity index (χ4n) is 2.38. The van der Waals surface area contributed by atoms with E-state index in [0.29, 0.717) is 6.42 Å². The number of esters is 1. The molecule has 0 saturated heterocycles. The molecule has 0 heterocycles. The molecule has 0 aliphatic rings. The lowest BCUT2D eigenvalue weighted by molar-refractivity contribution is -0.149. The Morgan fingerprint density at radius 1 is 0.905 bits per heavy atom. The molecule has 21 heavy (non-hydrogen) atoms. The molecule has 0 aromatic carbocycles. The highest BCUT2D eigenvalue weighted by molar-refractivity contribution is 5.69. The Morgan fingerprint density at radius 2 is 1.57 bits per heavy atom. The van der Waals surface area contributed by atoms with Gasteiger partial charge in [-0.3, -0.25) is 4.79 Å². The van der Waals surface area contributed by atoms with Crippen LogP contribution in [-0.4, -0.2) is 12.1 Å². The molecule has 2 heteroatoms. The maximum absolute atomic E-state index is 11.9. The summed E-state index contributed by atoms with van der Waals surface area (Å²) in [7, 11) is 0. The molecule has 0 amide bonds. The quantitative estimate of drug-likeness (QED) is 0.217. The summed E-state index contributed by atoms with van der Waals surface area (Å²) in [6, 6.07) is 0. The topological polar surface area (TPSA) is 26.3 Å². The van der Waals surface area contributed by atoms with Crippen LogP contribution < -0.4 is 0 Å². The molecule has 0 fully saturated rings. The highest BCUT2D eigenvalue weighted by Gasteiger charge is 2.12. The van der Waals surface area contributed by atoms with Crippen LogP contribution in [0.3, 0.4) is 0 Å². The second kappa shape index (κ2) is 15.6. The van der Waals surface area contributed by atoms with Crippen LogP contribution in [0.15, 0.2) is 12.2 Å². The molecule has 0 aromatic rings. The Hall–Kier alpha value is -0.790. The van der Waals surface area contributed by atoms with Gasteiger partial charge in [-0.25, -0.2) is 0 Å².